The van der Waals surface area contributed by atoms with Crippen molar-refractivity contribution in [3.8, 4) is 11.1 Å². The Morgan fingerprint density at radius 1 is 1.13 bits per heavy atom. The Labute approximate surface area is 213 Å². The molecule has 0 saturated heterocycles. The molecule has 1 amide bonds. The molecule has 3 fully saturated rings. The topological polar surface area (TPSA) is 107 Å². The molecule has 0 atom stereocenters. The number of nitrogens with zero attached hydrogens (tertiary/aromatic N) is 7. The van der Waals surface area contributed by atoms with Crippen molar-refractivity contribution in [2.75, 3.05) is 5.73 Å². The molecule has 12 heteroatoms. The van der Waals surface area contributed by atoms with Gasteiger partial charge in [0, 0.05) is 35.1 Å². The summed E-state index contributed by atoms with van der Waals surface area (Å²) >= 11 is 0. The fourth-order valence-electron chi connectivity index (χ4n) is 5.67. The van der Waals surface area contributed by atoms with Crippen LogP contribution in [0.15, 0.2) is 55.4 Å². The van der Waals surface area contributed by atoms with E-state index in [9.17, 15) is 13.6 Å². The number of anilines is 1. The lowest BCUT2D eigenvalue weighted by atomic mass is 9.49. The molecule has 2 N–H and O–H groups in total. The van der Waals surface area contributed by atoms with Gasteiger partial charge in [0.1, 0.15) is 17.2 Å². The molecule has 192 valence electrons. The number of hydrogen-bond donors (Lipinski definition) is 1. The number of pyridine rings is 1. The van der Waals surface area contributed by atoms with Gasteiger partial charge in [0.25, 0.3) is 5.91 Å². The third-order valence-corrected chi connectivity index (χ3v) is 7.80. The van der Waals surface area contributed by atoms with E-state index in [1.165, 1.54) is 24.5 Å². The van der Waals surface area contributed by atoms with Gasteiger partial charge in [-0.15, -0.1) is 0 Å². The van der Waals surface area contributed by atoms with Crippen LogP contribution in [0.2, 0.25) is 0 Å². The van der Waals surface area contributed by atoms with Gasteiger partial charge in [0.15, 0.2) is 0 Å². The first kappa shape index (κ1) is 22.7. The number of imidazole rings is 1. The molecule has 0 aliphatic heterocycles. The third-order valence-electron chi connectivity index (χ3n) is 7.80. The summed E-state index contributed by atoms with van der Waals surface area (Å²) in [4.78, 5) is 28.5. The molecular formula is C26H21F3N8O. The van der Waals surface area contributed by atoms with Gasteiger partial charge in [-0.25, -0.2) is 19.0 Å². The molecule has 3 aliphatic carbocycles. The lowest BCUT2D eigenvalue weighted by Crippen LogP contribution is -2.69. The van der Waals surface area contributed by atoms with Crippen molar-refractivity contribution >= 4 is 28.3 Å². The van der Waals surface area contributed by atoms with Gasteiger partial charge in [-0.1, -0.05) is 6.07 Å². The normalized spacial score (nSPS) is 20.1. The van der Waals surface area contributed by atoms with Gasteiger partial charge in [0.05, 0.1) is 47.6 Å². The van der Waals surface area contributed by atoms with Gasteiger partial charge in [-0.05, 0) is 37.3 Å². The molecule has 9 nitrogen and oxygen atoms in total. The van der Waals surface area contributed by atoms with Crippen molar-refractivity contribution in [2.24, 2.45) is 5.92 Å². The van der Waals surface area contributed by atoms with Gasteiger partial charge in [-0.3, -0.25) is 14.2 Å². The number of rotatable bonds is 6. The van der Waals surface area contributed by atoms with Crippen LogP contribution >= 0.6 is 0 Å². The minimum Gasteiger partial charge on any atom is -0.382 e. The Morgan fingerprint density at radius 3 is 2.61 bits per heavy atom. The minimum absolute atomic E-state index is 0.0557. The lowest BCUT2D eigenvalue weighted by Gasteiger charge is -2.66. The first-order valence-electron chi connectivity index (χ1n) is 12.1. The number of nitrogen functional groups attached to an aromatic ring is 1. The number of halogens is 3. The standard InChI is InChI=1S/C26H21F3N8O/c27-19-4-20-21(35-13-31-10-22(35)23(30)34-20)3-18(19)24(38)36(26-5-14(6-26)7-26)12-17-2-1-15(8-32-17)16-9-33-37(11-16)25(28)29/h1-4,8-11,13-14,25H,5-7,12H2,(H2,30,34). The summed E-state index contributed by atoms with van der Waals surface area (Å²) in [7, 11) is 0. The van der Waals surface area contributed by atoms with Crippen molar-refractivity contribution in [2.45, 2.75) is 37.9 Å². The zero-order valence-corrected chi connectivity index (χ0v) is 19.9. The van der Waals surface area contributed by atoms with Crippen LogP contribution in [0.25, 0.3) is 27.7 Å². The van der Waals surface area contributed by atoms with E-state index in [4.69, 9.17) is 5.73 Å². The highest BCUT2D eigenvalue weighted by Crippen LogP contribution is 2.61. The highest BCUT2D eigenvalue weighted by Gasteiger charge is 2.61. The smallest absolute Gasteiger partial charge is 0.333 e. The Bertz CT molecular complexity index is 1710. The van der Waals surface area contributed by atoms with E-state index in [-0.39, 0.29) is 23.5 Å². The highest BCUT2D eigenvalue weighted by atomic mass is 19.3. The SMILES string of the molecule is Nc1nc2cc(F)c(C(=O)N(Cc3ccc(-c4cnn(C(F)F)c4)cn3)C34CC(C3)C4)cc2n2cncc12. The maximum absolute atomic E-state index is 15.3. The number of fused-ring (bicyclic) bond motifs is 3. The van der Waals surface area contributed by atoms with Crippen LogP contribution in [-0.2, 0) is 6.54 Å². The number of aromatic nitrogens is 6. The molecule has 0 radical (unpaired) electrons. The molecule has 0 spiro atoms. The summed E-state index contributed by atoms with van der Waals surface area (Å²) in [5, 5.41) is 3.66. The van der Waals surface area contributed by atoms with E-state index in [0.717, 1.165) is 19.3 Å². The van der Waals surface area contributed by atoms with Crippen molar-refractivity contribution in [1.82, 2.24) is 34.0 Å². The molecule has 8 rings (SSSR count). The molecule has 4 aromatic heterocycles. The number of carbonyl (C=O) groups is 1. The second kappa shape index (κ2) is 8.01. The number of amides is 1. The van der Waals surface area contributed by atoms with E-state index in [1.807, 2.05) is 0 Å². The van der Waals surface area contributed by atoms with Crippen LogP contribution in [0.1, 0.15) is 41.9 Å². The summed E-state index contributed by atoms with van der Waals surface area (Å²) in [6.45, 7) is -2.53. The van der Waals surface area contributed by atoms with Crippen molar-refractivity contribution in [1.29, 1.82) is 0 Å². The Morgan fingerprint density at radius 2 is 1.95 bits per heavy atom. The van der Waals surface area contributed by atoms with Crippen LogP contribution < -0.4 is 5.73 Å². The molecule has 0 unspecified atom stereocenters. The zero-order valence-electron chi connectivity index (χ0n) is 19.9. The number of carbonyl (C=O) groups excluding carboxylic acids is 1. The predicted molar refractivity (Wildman–Crippen MR) is 132 cm³/mol. The fraction of sp³-hybridized carbons (Fsp3) is 0.269. The number of alkyl halides is 2. The molecule has 3 saturated carbocycles. The first-order chi connectivity index (χ1) is 18.3. The summed E-state index contributed by atoms with van der Waals surface area (Å²) < 4.78 is 43.3. The van der Waals surface area contributed by atoms with Gasteiger partial charge < -0.3 is 10.6 Å². The van der Waals surface area contributed by atoms with Crippen molar-refractivity contribution in [3.05, 3.63) is 72.5 Å². The lowest BCUT2D eigenvalue weighted by molar-refractivity contribution is -0.128. The van der Waals surface area contributed by atoms with E-state index < -0.39 is 18.3 Å². The molecule has 3 aliphatic rings. The Kier molecular flexibility index (Phi) is 4.78. The average Bonchev–Trinajstić information content (AvgIpc) is 3.52. The maximum atomic E-state index is 15.3. The summed E-state index contributed by atoms with van der Waals surface area (Å²) in [6, 6.07) is 6.23. The van der Waals surface area contributed by atoms with E-state index >= 15 is 4.39 Å². The van der Waals surface area contributed by atoms with E-state index in [0.29, 0.717) is 44.0 Å². The van der Waals surface area contributed by atoms with E-state index in [2.05, 4.69) is 20.1 Å². The molecular weight excluding hydrogens is 497 g/mol. The first-order valence-corrected chi connectivity index (χ1v) is 12.1. The molecule has 2 bridgehead atoms. The van der Waals surface area contributed by atoms with Crippen molar-refractivity contribution in [3.63, 3.8) is 0 Å². The number of hydrogen-bond acceptors (Lipinski definition) is 6. The van der Waals surface area contributed by atoms with Crippen molar-refractivity contribution < 1.29 is 18.0 Å². The van der Waals surface area contributed by atoms with Crippen LogP contribution in [0.3, 0.4) is 0 Å². The Balaban J connectivity index is 1.22. The largest absolute Gasteiger partial charge is 0.382 e. The number of nitrogens with two attached hydrogens (primary N) is 1. The maximum Gasteiger partial charge on any atom is 0.333 e. The minimum atomic E-state index is -2.72. The fourth-order valence-corrected chi connectivity index (χ4v) is 5.67. The second-order valence-electron chi connectivity index (χ2n) is 10.1. The van der Waals surface area contributed by atoms with Crippen LogP contribution in [0.5, 0.6) is 0 Å². The second-order valence-corrected chi connectivity index (χ2v) is 10.1. The number of benzene rings is 1. The summed E-state index contributed by atoms with van der Waals surface area (Å²) in [5.41, 5.74) is 8.79. The average molecular weight is 519 g/mol. The highest BCUT2D eigenvalue weighted by molar-refractivity contribution is 5.99. The monoisotopic (exact) mass is 518 g/mol. The van der Waals surface area contributed by atoms with Gasteiger partial charge in [-0.2, -0.15) is 13.9 Å². The molecule has 4 heterocycles. The Hall–Kier alpha value is -4.48. The molecule has 38 heavy (non-hydrogen) atoms. The van der Waals surface area contributed by atoms with Crippen LogP contribution in [0, 0.1) is 11.7 Å². The zero-order chi connectivity index (χ0) is 26.2. The van der Waals surface area contributed by atoms with Gasteiger partial charge in [0.2, 0.25) is 0 Å². The molecule has 5 aromatic rings. The quantitative estimate of drug-likeness (QED) is 0.356. The van der Waals surface area contributed by atoms with Crippen LogP contribution in [-0.4, -0.2) is 45.5 Å². The third kappa shape index (κ3) is 3.36. The van der Waals surface area contributed by atoms with Crippen LogP contribution in [0.4, 0.5) is 19.0 Å². The van der Waals surface area contributed by atoms with E-state index in [1.54, 1.807) is 40.2 Å². The van der Waals surface area contributed by atoms with Gasteiger partial charge >= 0.3 is 6.55 Å². The summed E-state index contributed by atoms with van der Waals surface area (Å²) in [6.07, 6.45) is 9.92. The predicted octanol–water partition coefficient (Wildman–Crippen LogP) is 4.45. The summed E-state index contributed by atoms with van der Waals surface area (Å²) in [5.74, 6) is -0.284. The molecule has 1 aromatic carbocycles.